The van der Waals surface area contributed by atoms with Crippen molar-refractivity contribution in [3.63, 3.8) is 0 Å². The lowest BCUT2D eigenvalue weighted by molar-refractivity contribution is -0.137. The molecule has 0 bridgehead atoms. The first-order chi connectivity index (χ1) is 11.7. The highest BCUT2D eigenvalue weighted by atomic mass is 16.6. The van der Waals surface area contributed by atoms with Crippen LogP contribution in [0.15, 0.2) is 24.4 Å². The van der Waals surface area contributed by atoms with Crippen LogP contribution in [0.2, 0.25) is 0 Å². The van der Waals surface area contributed by atoms with E-state index < -0.39 is 23.4 Å². The third kappa shape index (κ3) is 3.99. The van der Waals surface area contributed by atoms with E-state index in [1.807, 2.05) is 0 Å². The fourth-order valence-corrected chi connectivity index (χ4v) is 2.29. The van der Waals surface area contributed by atoms with Crippen molar-refractivity contribution in [3.8, 4) is 5.75 Å². The van der Waals surface area contributed by atoms with Gasteiger partial charge in [0.15, 0.2) is 0 Å². The third-order valence-electron chi connectivity index (χ3n) is 3.31. The van der Waals surface area contributed by atoms with E-state index >= 15 is 0 Å². The number of Topliss-reactive ketones (excluding diaryl/α,β-unsaturated/α-hetero) is 1. The Morgan fingerprint density at radius 2 is 1.84 bits per heavy atom. The summed E-state index contributed by atoms with van der Waals surface area (Å²) >= 11 is 0. The molecule has 0 saturated carbocycles. The second-order valence-corrected chi connectivity index (χ2v) is 6.33. The molecule has 0 unspecified atom stereocenters. The molecule has 0 spiro atoms. The van der Waals surface area contributed by atoms with E-state index in [0.29, 0.717) is 16.7 Å². The molecule has 0 fully saturated rings. The number of hydrogen-bond acceptors (Lipinski definition) is 6. The maximum Gasteiger partial charge on any atom is 0.419 e. The van der Waals surface area contributed by atoms with Gasteiger partial charge in [0, 0.05) is 11.6 Å². The Hall–Kier alpha value is -2.83. The van der Waals surface area contributed by atoms with E-state index in [-0.39, 0.29) is 12.2 Å². The lowest BCUT2D eigenvalue weighted by atomic mass is 10.1. The van der Waals surface area contributed by atoms with Crippen molar-refractivity contribution >= 4 is 28.7 Å². The first-order valence-electron chi connectivity index (χ1n) is 7.82. The van der Waals surface area contributed by atoms with E-state index in [0.717, 1.165) is 0 Å². The molecule has 25 heavy (non-hydrogen) atoms. The van der Waals surface area contributed by atoms with Crippen LogP contribution in [0.5, 0.6) is 5.75 Å². The number of ketones is 1. The number of ether oxygens (including phenoxy) is 3. The zero-order chi connectivity index (χ0) is 18.8. The summed E-state index contributed by atoms with van der Waals surface area (Å²) < 4.78 is 16.5. The molecule has 2 aromatic rings. The zero-order valence-corrected chi connectivity index (χ0v) is 14.9. The van der Waals surface area contributed by atoms with Crippen molar-refractivity contribution in [1.82, 2.24) is 4.57 Å². The number of aromatic nitrogens is 1. The second kappa shape index (κ2) is 6.96. The summed E-state index contributed by atoms with van der Waals surface area (Å²) in [5.41, 5.74) is -0.216. The number of benzene rings is 1. The molecular weight excluding hydrogens is 326 g/mol. The molecule has 1 aromatic carbocycles. The summed E-state index contributed by atoms with van der Waals surface area (Å²) in [4.78, 5) is 36.7. The molecule has 1 aromatic heterocycles. The molecule has 0 radical (unpaired) electrons. The quantitative estimate of drug-likeness (QED) is 0.480. The third-order valence-corrected chi connectivity index (χ3v) is 3.31. The Balaban J connectivity index is 2.59. The Morgan fingerprint density at radius 3 is 2.40 bits per heavy atom. The molecule has 134 valence electrons. The van der Waals surface area contributed by atoms with Crippen molar-refractivity contribution in [1.29, 1.82) is 0 Å². The number of carbonyl (C=O) groups excluding carboxylic acids is 3. The van der Waals surface area contributed by atoms with E-state index in [4.69, 9.17) is 14.2 Å². The van der Waals surface area contributed by atoms with Gasteiger partial charge in [-0.3, -0.25) is 9.36 Å². The second-order valence-electron chi connectivity index (χ2n) is 6.33. The van der Waals surface area contributed by atoms with Crippen LogP contribution in [0.4, 0.5) is 4.79 Å². The topological polar surface area (TPSA) is 83.8 Å². The molecule has 7 heteroatoms. The molecule has 1 heterocycles. The standard InChI is InChI=1S/C18H21NO6/c1-6-24-16(21)15(20)13-10-19(17(22)25-18(2,3)4)14-8-7-11(23-5)9-12(13)14/h7-10H,6H2,1-5H3. The average Bonchev–Trinajstić information content (AvgIpc) is 2.91. The van der Waals surface area contributed by atoms with Gasteiger partial charge in [-0.25, -0.2) is 9.59 Å². The predicted molar refractivity (Wildman–Crippen MR) is 91.1 cm³/mol. The maximum absolute atomic E-state index is 12.4. The fraction of sp³-hybridized carbons (Fsp3) is 0.389. The van der Waals surface area contributed by atoms with Crippen molar-refractivity contribution in [2.24, 2.45) is 0 Å². The van der Waals surface area contributed by atoms with Crippen LogP contribution in [-0.2, 0) is 14.3 Å². The summed E-state index contributed by atoms with van der Waals surface area (Å²) in [5.74, 6) is -1.32. The summed E-state index contributed by atoms with van der Waals surface area (Å²) in [6.07, 6.45) is 0.642. The number of methoxy groups -OCH3 is 1. The van der Waals surface area contributed by atoms with Crippen LogP contribution >= 0.6 is 0 Å². The van der Waals surface area contributed by atoms with Crippen molar-refractivity contribution in [2.45, 2.75) is 33.3 Å². The molecule has 0 aliphatic carbocycles. The predicted octanol–water partition coefficient (Wildman–Crippen LogP) is 3.18. The van der Waals surface area contributed by atoms with Crippen molar-refractivity contribution in [3.05, 3.63) is 30.0 Å². The first-order valence-corrected chi connectivity index (χ1v) is 7.82. The largest absolute Gasteiger partial charge is 0.497 e. The molecule has 7 nitrogen and oxygen atoms in total. The minimum Gasteiger partial charge on any atom is -0.497 e. The molecule has 0 saturated heterocycles. The SMILES string of the molecule is CCOC(=O)C(=O)c1cn(C(=O)OC(C)(C)C)c2ccc(OC)cc12. The fourth-order valence-electron chi connectivity index (χ4n) is 2.29. The Kier molecular flexibility index (Phi) is 5.15. The number of nitrogens with zero attached hydrogens (tertiary/aromatic N) is 1. The number of rotatable bonds is 4. The van der Waals surface area contributed by atoms with Gasteiger partial charge in [0.1, 0.15) is 11.4 Å². The summed E-state index contributed by atoms with van der Waals surface area (Å²) in [7, 11) is 1.48. The first kappa shape index (κ1) is 18.5. The minimum atomic E-state index is -0.978. The Bertz CT molecular complexity index is 828. The summed E-state index contributed by atoms with van der Waals surface area (Å²) in [6.45, 7) is 6.91. The van der Waals surface area contributed by atoms with Gasteiger partial charge in [-0.2, -0.15) is 0 Å². The summed E-state index contributed by atoms with van der Waals surface area (Å²) in [6, 6.07) is 4.87. The van der Waals surface area contributed by atoms with Gasteiger partial charge in [0.25, 0.3) is 5.78 Å². The van der Waals surface area contributed by atoms with Crippen LogP contribution in [-0.4, -0.2) is 41.7 Å². The molecule has 0 atom stereocenters. The van der Waals surface area contributed by atoms with E-state index in [1.165, 1.54) is 17.9 Å². The van der Waals surface area contributed by atoms with Gasteiger partial charge in [-0.1, -0.05) is 0 Å². The van der Waals surface area contributed by atoms with E-state index in [1.54, 1.807) is 45.9 Å². The molecule has 0 amide bonds. The van der Waals surface area contributed by atoms with Crippen molar-refractivity contribution in [2.75, 3.05) is 13.7 Å². The number of carbonyl (C=O) groups is 3. The van der Waals surface area contributed by atoms with Crippen LogP contribution in [0.25, 0.3) is 10.9 Å². The maximum atomic E-state index is 12.4. The highest BCUT2D eigenvalue weighted by molar-refractivity contribution is 6.43. The molecule has 0 aliphatic heterocycles. The number of esters is 1. The number of hydrogen-bond donors (Lipinski definition) is 0. The van der Waals surface area contributed by atoms with Gasteiger partial charge in [0.2, 0.25) is 0 Å². The van der Waals surface area contributed by atoms with Gasteiger partial charge < -0.3 is 14.2 Å². The highest BCUT2D eigenvalue weighted by Crippen LogP contribution is 2.27. The molecule has 2 rings (SSSR count). The Morgan fingerprint density at radius 1 is 1.16 bits per heavy atom. The molecule has 0 aliphatic rings. The average molecular weight is 347 g/mol. The number of fused-ring (bicyclic) bond motifs is 1. The van der Waals surface area contributed by atoms with Gasteiger partial charge in [0.05, 0.1) is 24.8 Å². The van der Waals surface area contributed by atoms with Crippen LogP contribution in [0.1, 0.15) is 38.1 Å². The molecular formula is C18H21NO6. The Labute approximate surface area is 145 Å². The van der Waals surface area contributed by atoms with Crippen LogP contribution < -0.4 is 4.74 Å². The lowest BCUT2D eigenvalue weighted by Crippen LogP contribution is -2.26. The van der Waals surface area contributed by atoms with Crippen LogP contribution in [0, 0.1) is 0 Å². The van der Waals surface area contributed by atoms with Gasteiger partial charge in [-0.15, -0.1) is 0 Å². The highest BCUT2D eigenvalue weighted by Gasteiger charge is 2.26. The normalized spacial score (nSPS) is 11.2. The monoisotopic (exact) mass is 347 g/mol. The molecule has 0 N–H and O–H groups in total. The van der Waals surface area contributed by atoms with Gasteiger partial charge >= 0.3 is 12.1 Å². The minimum absolute atomic E-state index is 0.0539. The lowest BCUT2D eigenvalue weighted by Gasteiger charge is -2.19. The van der Waals surface area contributed by atoms with E-state index in [2.05, 4.69) is 0 Å². The van der Waals surface area contributed by atoms with Crippen LogP contribution in [0.3, 0.4) is 0 Å². The zero-order valence-electron chi connectivity index (χ0n) is 14.9. The summed E-state index contributed by atoms with van der Waals surface area (Å²) in [5, 5.41) is 0.406. The van der Waals surface area contributed by atoms with Crippen molar-refractivity contribution < 1.29 is 28.6 Å². The smallest absolute Gasteiger partial charge is 0.419 e. The van der Waals surface area contributed by atoms with Gasteiger partial charge in [-0.05, 0) is 45.9 Å². The van der Waals surface area contributed by atoms with E-state index in [9.17, 15) is 14.4 Å².